The number of nitro groups is 1. The largest absolute Gasteiger partial charge is 0.496 e. The van der Waals surface area contributed by atoms with E-state index in [-0.39, 0.29) is 11.6 Å². The van der Waals surface area contributed by atoms with E-state index in [1.54, 1.807) is 27.0 Å². The number of carbonyl (C=O) groups excluding carboxylic acids is 1. The summed E-state index contributed by atoms with van der Waals surface area (Å²) in [6.07, 6.45) is 3.15. The number of rotatable bonds is 10. The van der Waals surface area contributed by atoms with Gasteiger partial charge in [-0.3, -0.25) is 19.6 Å². The summed E-state index contributed by atoms with van der Waals surface area (Å²) in [5, 5.41) is 18.1. The monoisotopic (exact) mass is 464 g/mol. The fourth-order valence-corrected chi connectivity index (χ4v) is 3.57. The smallest absolute Gasteiger partial charge is 0.312 e. The second-order valence-corrected chi connectivity index (χ2v) is 7.75. The molecule has 0 saturated heterocycles. The van der Waals surface area contributed by atoms with Gasteiger partial charge in [-0.15, -0.1) is 0 Å². The number of para-hydroxylation sites is 1. The third-order valence-corrected chi connectivity index (χ3v) is 5.36. The van der Waals surface area contributed by atoms with Crippen LogP contribution >= 0.6 is 0 Å². The van der Waals surface area contributed by atoms with Gasteiger partial charge in [0.25, 0.3) is 0 Å². The van der Waals surface area contributed by atoms with E-state index in [1.807, 2.05) is 49.4 Å². The molecule has 0 atom stereocenters. The number of amides is 1. The molecule has 1 heterocycles. The Kier molecular flexibility index (Phi) is 8.02. The number of aromatic nitrogens is 2. The van der Waals surface area contributed by atoms with Gasteiger partial charge in [0.2, 0.25) is 5.91 Å². The molecule has 178 valence electrons. The predicted octanol–water partition coefficient (Wildman–Crippen LogP) is 4.13. The Morgan fingerprint density at radius 3 is 2.62 bits per heavy atom. The van der Waals surface area contributed by atoms with Crippen LogP contribution in [0.3, 0.4) is 0 Å². The van der Waals surface area contributed by atoms with Gasteiger partial charge in [0.05, 0.1) is 18.6 Å². The molecule has 0 saturated carbocycles. The highest BCUT2D eigenvalue weighted by molar-refractivity contribution is 5.91. The van der Waals surface area contributed by atoms with Gasteiger partial charge in [-0.1, -0.05) is 24.3 Å². The molecule has 0 radical (unpaired) electrons. The first kappa shape index (κ1) is 24.5. The second-order valence-electron chi connectivity index (χ2n) is 7.75. The van der Waals surface area contributed by atoms with E-state index in [0.29, 0.717) is 36.8 Å². The summed E-state index contributed by atoms with van der Waals surface area (Å²) in [7, 11) is 1.60. The van der Waals surface area contributed by atoms with E-state index in [0.717, 1.165) is 22.4 Å². The van der Waals surface area contributed by atoms with Gasteiger partial charge in [0.1, 0.15) is 29.5 Å². The van der Waals surface area contributed by atoms with Gasteiger partial charge in [-0.05, 0) is 56.2 Å². The first-order valence-electron chi connectivity index (χ1n) is 10.8. The highest BCUT2D eigenvalue weighted by Crippen LogP contribution is 2.24. The normalized spacial score (nSPS) is 10.9. The topological polar surface area (TPSA) is 109 Å². The van der Waals surface area contributed by atoms with Crippen molar-refractivity contribution in [3.63, 3.8) is 0 Å². The van der Waals surface area contributed by atoms with Crippen molar-refractivity contribution in [1.29, 1.82) is 0 Å². The minimum absolute atomic E-state index is 0.00735. The van der Waals surface area contributed by atoms with Gasteiger partial charge in [-0.25, -0.2) is 0 Å². The molecule has 3 aromatic rings. The van der Waals surface area contributed by atoms with Gasteiger partial charge in [-0.2, -0.15) is 5.10 Å². The zero-order chi connectivity index (χ0) is 24.7. The van der Waals surface area contributed by atoms with Crippen LogP contribution in [0.15, 0.2) is 48.5 Å². The maximum atomic E-state index is 12.2. The SMILES string of the molecule is COc1ccc(/C=C/C(=O)NCCn2nc(C)c([N+](=O)[O-])c2C)cc1COc1ccccc1C. The van der Waals surface area contributed by atoms with Crippen LogP contribution in [0.5, 0.6) is 11.5 Å². The van der Waals surface area contributed by atoms with E-state index < -0.39 is 4.92 Å². The molecular weight excluding hydrogens is 436 g/mol. The van der Waals surface area contributed by atoms with Crippen molar-refractivity contribution in [3.8, 4) is 11.5 Å². The minimum atomic E-state index is -0.440. The van der Waals surface area contributed by atoms with E-state index in [4.69, 9.17) is 9.47 Å². The number of carbonyl (C=O) groups is 1. The van der Waals surface area contributed by atoms with Gasteiger partial charge >= 0.3 is 5.69 Å². The maximum absolute atomic E-state index is 12.2. The molecule has 0 spiro atoms. The lowest BCUT2D eigenvalue weighted by Crippen LogP contribution is -2.26. The van der Waals surface area contributed by atoms with E-state index in [1.165, 1.54) is 10.8 Å². The summed E-state index contributed by atoms with van der Waals surface area (Å²) < 4.78 is 12.9. The average molecular weight is 465 g/mol. The van der Waals surface area contributed by atoms with Crippen LogP contribution in [0.2, 0.25) is 0 Å². The number of hydrogen-bond acceptors (Lipinski definition) is 6. The highest BCUT2D eigenvalue weighted by Gasteiger charge is 2.21. The first-order valence-corrected chi connectivity index (χ1v) is 10.8. The van der Waals surface area contributed by atoms with Crippen molar-refractivity contribution in [2.24, 2.45) is 0 Å². The summed E-state index contributed by atoms with van der Waals surface area (Å²) in [4.78, 5) is 22.9. The van der Waals surface area contributed by atoms with Gasteiger partial charge in [0, 0.05) is 18.2 Å². The lowest BCUT2D eigenvalue weighted by atomic mass is 10.1. The number of hydrogen-bond donors (Lipinski definition) is 1. The molecule has 1 N–H and O–H groups in total. The van der Waals surface area contributed by atoms with Crippen molar-refractivity contribution < 1.29 is 19.2 Å². The molecular formula is C25H28N4O5. The molecule has 1 aromatic heterocycles. The van der Waals surface area contributed by atoms with Crippen LogP contribution in [0, 0.1) is 30.9 Å². The Morgan fingerprint density at radius 1 is 1.18 bits per heavy atom. The lowest BCUT2D eigenvalue weighted by Gasteiger charge is -2.12. The quantitative estimate of drug-likeness (QED) is 0.275. The van der Waals surface area contributed by atoms with Crippen LogP contribution < -0.4 is 14.8 Å². The van der Waals surface area contributed by atoms with Crippen LogP contribution in [0.1, 0.15) is 28.1 Å². The second kappa shape index (κ2) is 11.1. The Morgan fingerprint density at radius 2 is 1.94 bits per heavy atom. The number of nitrogens with zero attached hydrogens (tertiary/aromatic N) is 3. The lowest BCUT2D eigenvalue weighted by molar-refractivity contribution is -0.386. The summed E-state index contributed by atoms with van der Waals surface area (Å²) in [6, 6.07) is 13.4. The van der Waals surface area contributed by atoms with Crippen LogP contribution in [0.4, 0.5) is 5.69 Å². The molecule has 0 aliphatic rings. The third kappa shape index (κ3) is 6.00. The Bertz CT molecular complexity index is 1220. The molecule has 0 aliphatic carbocycles. The van der Waals surface area contributed by atoms with Crippen LogP contribution in [-0.2, 0) is 17.9 Å². The fourth-order valence-electron chi connectivity index (χ4n) is 3.57. The molecule has 34 heavy (non-hydrogen) atoms. The number of nitrogens with one attached hydrogen (secondary N) is 1. The summed E-state index contributed by atoms with van der Waals surface area (Å²) >= 11 is 0. The standard InChI is InChI=1S/C25H28N4O5/c1-17-7-5-6-8-22(17)34-16-21-15-20(9-11-23(21)33-4)10-12-24(30)26-13-14-28-19(3)25(29(31)32)18(2)27-28/h5-12,15H,13-14,16H2,1-4H3,(H,26,30)/b12-10+. The number of benzene rings is 2. The molecule has 2 aromatic carbocycles. The van der Waals surface area contributed by atoms with Crippen molar-refractivity contribution in [2.75, 3.05) is 13.7 Å². The molecule has 3 rings (SSSR count). The predicted molar refractivity (Wildman–Crippen MR) is 129 cm³/mol. The van der Waals surface area contributed by atoms with Crippen LogP contribution in [0.25, 0.3) is 6.08 Å². The average Bonchev–Trinajstić information content (AvgIpc) is 3.10. The number of methoxy groups -OCH3 is 1. The number of ether oxygens (including phenoxy) is 2. The molecule has 1 amide bonds. The Labute approximate surface area is 198 Å². The van der Waals surface area contributed by atoms with Crippen molar-refractivity contribution in [1.82, 2.24) is 15.1 Å². The summed E-state index contributed by atoms with van der Waals surface area (Å²) in [5.41, 5.74) is 3.56. The minimum Gasteiger partial charge on any atom is -0.496 e. The van der Waals surface area contributed by atoms with Crippen molar-refractivity contribution >= 4 is 17.7 Å². The molecule has 9 heteroatoms. The van der Waals surface area contributed by atoms with Crippen molar-refractivity contribution in [3.05, 3.63) is 86.7 Å². The first-order chi connectivity index (χ1) is 16.3. The zero-order valence-corrected chi connectivity index (χ0v) is 19.7. The van der Waals surface area contributed by atoms with Gasteiger partial charge in [0.15, 0.2) is 0 Å². The molecule has 0 bridgehead atoms. The summed E-state index contributed by atoms with van der Waals surface area (Å²) in [5.74, 6) is 1.23. The van der Waals surface area contributed by atoms with E-state index in [9.17, 15) is 14.9 Å². The van der Waals surface area contributed by atoms with E-state index >= 15 is 0 Å². The number of aryl methyl sites for hydroxylation is 2. The summed E-state index contributed by atoms with van der Waals surface area (Å²) in [6.45, 7) is 6.18. The fraction of sp³-hybridized carbons (Fsp3) is 0.280. The van der Waals surface area contributed by atoms with E-state index in [2.05, 4.69) is 10.4 Å². The van der Waals surface area contributed by atoms with Crippen LogP contribution in [-0.4, -0.2) is 34.3 Å². The molecule has 0 aliphatic heterocycles. The van der Waals surface area contributed by atoms with Gasteiger partial charge < -0.3 is 14.8 Å². The highest BCUT2D eigenvalue weighted by atomic mass is 16.6. The Hall–Kier alpha value is -4.14. The Balaban J connectivity index is 1.58. The molecule has 9 nitrogen and oxygen atoms in total. The molecule has 0 unspecified atom stereocenters. The zero-order valence-electron chi connectivity index (χ0n) is 19.7. The van der Waals surface area contributed by atoms with Crippen molar-refractivity contribution in [2.45, 2.75) is 33.9 Å². The third-order valence-electron chi connectivity index (χ3n) is 5.36. The molecule has 0 fully saturated rings. The maximum Gasteiger partial charge on any atom is 0.312 e.